The predicted octanol–water partition coefficient (Wildman–Crippen LogP) is 4.75. The third-order valence-electron chi connectivity index (χ3n) is 5.55. The van der Waals surface area contributed by atoms with E-state index in [1.165, 1.54) is 6.08 Å². The number of para-hydroxylation sites is 1. The minimum absolute atomic E-state index is 0.242. The number of benzene rings is 3. The molecule has 0 bridgehead atoms. The molecule has 1 heterocycles. The lowest BCUT2D eigenvalue weighted by Crippen LogP contribution is -2.54. The molecule has 3 aromatic carbocycles. The number of imide groups is 2. The summed E-state index contributed by atoms with van der Waals surface area (Å²) in [5.41, 5.74) is 3.30. The first kappa shape index (κ1) is 24.9. The van der Waals surface area contributed by atoms with E-state index in [9.17, 15) is 19.2 Å². The van der Waals surface area contributed by atoms with Gasteiger partial charge in [-0.15, -0.1) is 0 Å². The van der Waals surface area contributed by atoms with Crippen molar-refractivity contribution in [2.24, 2.45) is 0 Å². The van der Waals surface area contributed by atoms with E-state index < -0.39 is 17.8 Å². The molecule has 0 spiro atoms. The van der Waals surface area contributed by atoms with Crippen molar-refractivity contribution in [3.8, 4) is 5.75 Å². The van der Waals surface area contributed by atoms with Gasteiger partial charge in [0.2, 0.25) is 0 Å². The molecule has 182 valence electrons. The number of urea groups is 1. The maximum absolute atomic E-state index is 13.1. The van der Waals surface area contributed by atoms with Crippen LogP contribution in [0.4, 0.5) is 16.2 Å². The van der Waals surface area contributed by atoms with Gasteiger partial charge in [-0.1, -0.05) is 40.2 Å². The standard InChI is InChI=1S/C27H22BrN3O5/c1-16-7-10-20(13-17(16)2)29-24(32)15-36-23-6-4-3-5-18(23)14-22-25(33)30-27(35)31(26(22)34)21-11-8-19(28)9-12-21/h3-14H,15H2,1-2H3,(H,29,32)(H,30,33,35)/b22-14+. The van der Waals surface area contributed by atoms with Gasteiger partial charge in [0.1, 0.15) is 11.3 Å². The van der Waals surface area contributed by atoms with Gasteiger partial charge in [0.15, 0.2) is 6.61 Å². The average molecular weight is 548 g/mol. The molecule has 2 N–H and O–H groups in total. The number of carbonyl (C=O) groups is 4. The molecule has 1 aliphatic rings. The van der Waals surface area contributed by atoms with Crippen molar-refractivity contribution in [3.63, 3.8) is 0 Å². The molecule has 0 radical (unpaired) electrons. The van der Waals surface area contributed by atoms with E-state index in [-0.39, 0.29) is 18.1 Å². The van der Waals surface area contributed by atoms with Gasteiger partial charge in [-0.25, -0.2) is 9.69 Å². The summed E-state index contributed by atoms with van der Waals surface area (Å²) in [6.45, 7) is 3.66. The van der Waals surface area contributed by atoms with Crippen molar-refractivity contribution >= 4 is 57.1 Å². The number of anilines is 2. The monoisotopic (exact) mass is 547 g/mol. The van der Waals surface area contributed by atoms with Gasteiger partial charge in [0.05, 0.1) is 5.69 Å². The number of hydrogen-bond acceptors (Lipinski definition) is 5. The van der Waals surface area contributed by atoms with Crippen molar-refractivity contribution in [3.05, 3.63) is 93.5 Å². The van der Waals surface area contributed by atoms with Crippen molar-refractivity contribution in [2.75, 3.05) is 16.8 Å². The molecule has 9 heteroatoms. The number of nitrogens with zero attached hydrogens (tertiary/aromatic N) is 1. The van der Waals surface area contributed by atoms with Crippen LogP contribution >= 0.6 is 15.9 Å². The van der Waals surface area contributed by atoms with Crippen molar-refractivity contribution in [2.45, 2.75) is 13.8 Å². The van der Waals surface area contributed by atoms with E-state index in [4.69, 9.17) is 4.74 Å². The summed E-state index contributed by atoms with van der Waals surface area (Å²) < 4.78 is 6.47. The smallest absolute Gasteiger partial charge is 0.335 e. The fourth-order valence-corrected chi connectivity index (χ4v) is 3.79. The normalized spacial score (nSPS) is 14.6. The number of halogens is 1. The number of barbiturate groups is 1. The summed E-state index contributed by atoms with van der Waals surface area (Å²) in [4.78, 5) is 51.4. The third kappa shape index (κ3) is 5.52. The van der Waals surface area contributed by atoms with E-state index in [0.29, 0.717) is 22.7 Å². The lowest BCUT2D eigenvalue weighted by molar-refractivity contribution is -0.122. The van der Waals surface area contributed by atoms with Crippen molar-refractivity contribution in [1.29, 1.82) is 0 Å². The van der Waals surface area contributed by atoms with Crippen LogP contribution in [0.2, 0.25) is 0 Å². The van der Waals surface area contributed by atoms with Crippen LogP contribution in [-0.2, 0) is 14.4 Å². The lowest BCUT2D eigenvalue weighted by Gasteiger charge is -2.26. The van der Waals surface area contributed by atoms with E-state index in [2.05, 4.69) is 26.6 Å². The van der Waals surface area contributed by atoms with Gasteiger partial charge in [0, 0.05) is 15.7 Å². The predicted molar refractivity (Wildman–Crippen MR) is 140 cm³/mol. The second-order valence-electron chi connectivity index (χ2n) is 8.11. The number of aryl methyl sites for hydroxylation is 2. The molecule has 36 heavy (non-hydrogen) atoms. The van der Waals surface area contributed by atoms with Crippen LogP contribution in [0.5, 0.6) is 5.75 Å². The van der Waals surface area contributed by atoms with Crippen LogP contribution in [0.15, 0.2) is 76.8 Å². The third-order valence-corrected chi connectivity index (χ3v) is 6.08. The van der Waals surface area contributed by atoms with E-state index in [1.54, 1.807) is 48.5 Å². The molecule has 1 saturated heterocycles. The molecule has 0 saturated carbocycles. The Labute approximate surface area is 216 Å². The highest BCUT2D eigenvalue weighted by atomic mass is 79.9. The Bertz CT molecular complexity index is 1400. The summed E-state index contributed by atoms with van der Waals surface area (Å²) in [5.74, 6) is -1.65. The van der Waals surface area contributed by atoms with Crippen molar-refractivity contribution < 1.29 is 23.9 Å². The maximum atomic E-state index is 13.1. The molecule has 3 aromatic rings. The zero-order valence-corrected chi connectivity index (χ0v) is 21.1. The van der Waals surface area contributed by atoms with Gasteiger partial charge in [0.25, 0.3) is 17.7 Å². The Morgan fingerprint density at radius 2 is 1.72 bits per heavy atom. The first-order chi connectivity index (χ1) is 17.2. The molecule has 8 nitrogen and oxygen atoms in total. The minimum atomic E-state index is -0.836. The fourth-order valence-electron chi connectivity index (χ4n) is 3.53. The molecule has 4 rings (SSSR count). The van der Waals surface area contributed by atoms with Crippen LogP contribution in [0.1, 0.15) is 16.7 Å². The van der Waals surface area contributed by atoms with Crippen LogP contribution in [0, 0.1) is 13.8 Å². The topological polar surface area (TPSA) is 105 Å². The molecular weight excluding hydrogens is 526 g/mol. The molecule has 0 aromatic heterocycles. The van der Waals surface area contributed by atoms with Gasteiger partial charge in [-0.3, -0.25) is 19.7 Å². The Hall–Kier alpha value is -4.24. The van der Waals surface area contributed by atoms with Gasteiger partial charge < -0.3 is 10.1 Å². The largest absolute Gasteiger partial charge is 0.483 e. The van der Waals surface area contributed by atoms with Crippen LogP contribution in [0.25, 0.3) is 6.08 Å². The molecule has 1 aliphatic heterocycles. The lowest BCUT2D eigenvalue weighted by atomic mass is 10.1. The number of amides is 5. The Balaban J connectivity index is 1.53. The summed E-state index contributed by atoms with van der Waals surface area (Å²) in [6, 6.07) is 18.0. The van der Waals surface area contributed by atoms with E-state index in [0.717, 1.165) is 20.5 Å². The summed E-state index contributed by atoms with van der Waals surface area (Å²) in [7, 11) is 0. The molecule has 0 atom stereocenters. The summed E-state index contributed by atoms with van der Waals surface area (Å²) in [6.07, 6.45) is 1.34. The van der Waals surface area contributed by atoms with Crippen molar-refractivity contribution in [1.82, 2.24) is 5.32 Å². The zero-order chi connectivity index (χ0) is 25.8. The first-order valence-electron chi connectivity index (χ1n) is 11.0. The van der Waals surface area contributed by atoms with Gasteiger partial charge in [-0.05, 0) is 73.5 Å². The first-order valence-corrected chi connectivity index (χ1v) is 11.8. The maximum Gasteiger partial charge on any atom is 0.335 e. The van der Waals surface area contributed by atoms with Gasteiger partial charge >= 0.3 is 6.03 Å². The van der Waals surface area contributed by atoms with E-state index in [1.807, 2.05) is 32.0 Å². The second kappa shape index (κ2) is 10.6. The number of ether oxygens (including phenoxy) is 1. The molecular formula is C27H22BrN3O5. The summed E-state index contributed by atoms with van der Waals surface area (Å²) in [5, 5.41) is 4.97. The number of rotatable bonds is 6. The SMILES string of the molecule is Cc1ccc(NC(=O)COc2ccccc2/C=C2\C(=O)NC(=O)N(c3ccc(Br)cc3)C2=O)cc1C. The van der Waals surface area contributed by atoms with Gasteiger partial charge in [-0.2, -0.15) is 0 Å². The number of nitrogens with one attached hydrogen (secondary N) is 2. The average Bonchev–Trinajstić information content (AvgIpc) is 2.84. The highest BCUT2D eigenvalue weighted by Gasteiger charge is 2.37. The number of hydrogen-bond donors (Lipinski definition) is 2. The molecule has 1 fully saturated rings. The highest BCUT2D eigenvalue weighted by Crippen LogP contribution is 2.26. The quantitative estimate of drug-likeness (QED) is 0.342. The highest BCUT2D eigenvalue weighted by molar-refractivity contribution is 9.10. The molecule has 5 amide bonds. The van der Waals surface area contributed by atoms with Crippen LogP contribution in [-0.4, -0.2) is 30.4 Å². The zero-order valence-electron chi connectivity index (χ0n) is 19.5. The molecule has 0 aliphatic carbocycles. The molecule has 0 unspecified atom stereocenters. The van der Waals surface area contributed by atoms with Crippen LogP contribution in [0.3, 0.4) is 0 Å². The number of carbonyl (C=O) groups excluding carboxylic acids is 4. The Morgan fingerprint density at radius 1 is 1.00 bits per heavy atom. The minimum Gasteiger partial charge on any atom is -0.483 e. The Morgan fingerprint density at radius 3 is 2.44 bits per heavy atom. The Kier molecular flexibility index (Phi) is 7.30. The second-order valence-corrected chi connectivity index (χ2v) is 9.02. The van der Waals surface area contributed by atoms with E-state index >= 15 is 0 Å². The van der Waals surface area contributed by atoms with Crippen LogP contribution < -0.4 is 20.3 Å². The summed E-state index contributed by atoms with van der Waals surface area (Å²) >= 11 is 3.31. The fraction of sp³-hybridized carbons (Fsp3) is 0.111.